The second kappa shape index (κ2) is 5.71. The number of aromatic amines is 1. The number of hydrogen-bond donors (Lipinski definition) is 1. The van der Waals surface area contributed by atoms with Gasteiger partial charge in [0, 0.05) is 5.56 Å². The zero-order chi connectivity index (χ0) is 14.7. The molecule has 0 saturated carbocycles. The molecule has 0 aliphatic carbocycles. The van der Waals surface area contributed by atoms with Crippen LogP contribution in [0.1, 0.15) is 16.7 Å². The molecule has 0 radical (unpaired) electrons. The topological polar surface area (TPSA) is 41.6 Å². The Balaban J connectivity index is 1.90. The maximum Gasteiger partial charge on any atom is 0.123 e. The average Bonchev–Trinajstić information content (AvgIpc) is 3.00. The first kappa shape index (κ1) is 13.2. The van der Waals surface area contributed by atoms with Crippen molar-refractivity contribution >= 4 is 12.2 Å². The number of aryl methyl sites for hydroxylation is 1. The summed E-state index contributed by atoms with van der Waals surface area (Å²) >= 11 is 0. The first-order valence-corrected chi connectivity index (χ1v) is 6.62. The highest BCUT2D eigenvalue weighted by atomic mass is 19.1. The summed E-state index contributed by atoms with van der Waals surface area (Å²) in [5, 5.41) is 10.5. The molecule has 0 unspecified atom stereocenters. The van der Waals surface area contributed by atoms with Gasteiger partial charge in [-0.2, -0.15) is 15.4 Å². The number of aromatic nitrogens is 3. The Bertz CT molecular complexity index is 759. The Morgan fingerprint density at radius 2 is 1.76 bits per heavy atom. The summed E-state index contributed by atoms with van der Waals surface area (Å²) in [4.78, 5) is 0. The van der Waals surface area contributed by atoms with Crippen LogP contribution in [0.25, 0.3) is 23.4 Å². The number of rotatable bonds is 3. The summed E-state index contributed by atoms with van der Waals surface area (Å²) < 4.78 is 12.9. The Morgan fingerprint density at radius 3 is 2.48 bits per heavy atom. The lowest BCUT2D eigenvalue weighted by atomic mass is 10.0. The van der Waals surface area contributed by atoms with E-state index in [1.165, 1.54) is 12.1 Å². The van der Waals surface area contributed by atoms with E-state index >= 15 is 0 Å². The number of H-pyrrole nitrogens is 1. The van der Waals surface area contributed by atoms with Crippen molar-refractivity contribution in [1.29, 1.82) is 0 Å². The van der Waals surface area contributed by atoms with Gasteiger partial charge in [0.25, 0.3) is 0 Å². The molecule has 0 amide bonds. The van der Waals surface area contributed by atoms with Gasteiger partial charge in [0.2, 0.25) is 0 Å². The Hall–Kier alpha value is -2.75. The normalized spacial score (nSPS) is 11.1. The van der Waals surface area contributed by atoms with Crippen LogP contribution in [0.2, 0.25) is 0 Å². The highest BCUT2D eigenvalue weighted by Crippen LogP contribution is 2.21. The lowest BCUT2D eigenvalue weighted by molar-refractivity contribution is 0.628. The molecule has 3 aromatic rings. The molecule has 0 fully saturated rings. The van der Waals surface area contributed by atoms with Crippen LogP contribution in [0.3, 0.4) is 0 Å². The van der Waals surface area contributed by atoms with E-state index in [1.807, 2.05) is 25.1 Å². The second-order valence-corrected chi connectivity index (χ2v) is 4.87. The summed E-state index contributed by atoms with van der Waals surface area (Å²) in [6, 6.07) is 12.6. The maximum atomic E-state index is 12.9. The van der Waals surface area contributed by atoms with Crippen molar-refractivity contribution in [3.8, 4) is 11.3 Å². The standard InChI is InChI=1S/C17H14FN3/c1-12-8-14(3-2-13-4-6-16(18)7-5-13)10-15(9-12)17-11-19-21-20-17/h2-11H,1H3,(H,19,20,21)/b3-2+. The van der Waals surface area contributed by atoms with Gasteiger partial charge in [-0.05, 0) is 47.9 Å². The van der Waals surface area contributed by atoms with Crippen molar-refractivity contribution in [3.63, 3.8) is 0 Å². The van der Waals surface area contributed by atoms with E-state index in [1.54, 1.807) is 18.3 Å². The fourth-order valence-electron chi connectivity index (χ4n) is 2.16. The fourth-order valence-corrected chi connectivity index (χ4v) is 2.16. The number of nitrogens with zero attached hydrogens (tertiary/aromatic N) is 2. The summed E-state index contributed by atoms with van der Waals surface area (Å²) in [6.07, 6.45) is 5.66. The first-order valence-electron chi connectivity index (χ1n) is 6.62. The van der Waals surface area contributed by atoms with E-state index in [9.17, 15) is 4.39 Å². The van der Waals surface area contributed by atoms with E-state index in [0.717, 1.165) is 27.9 Å². The molecule has 4 heteroatoms. The molecule has 3 rings (SSSR count). The van der Waals surface area contributed by atoms with E-state index in [-0.39, 0.29) is 5.82 Å². The molecule has 1 N–H and O–H groups in total. The Morgan fingerprint density at radius 1 is 1.00 bits per heavy atom. The predicted molar refractivity (Wildman–Crippen MR) is 81.9 cm³/mol. The minimum Gasteiger partial charge on any atom is -0.207 e. The van der Waals surface area contributed by atoms with E-state index in [4.69, 9.17) is 0 Å². The summed E-state index contributed by atoms with van der Waals surface area (Å²) in [7, 11) is 0. The van der Waals surface area contributed by atoms with Crippen LogP contribution in [-0.2, 0) is 0 Å². The van der Waals surface area contributed by atoms with Gasteiger partial charge in [0.1, 0.15) is 11.5 Å². The van der Waals surface area contributed by atoms with Gasteiger partial charge >= 0.3 is 0 Å². The zero-order valence-electron chi connectivity index (χ0n) is 11.5. The quantitative estimate of drug-likeness (QED) is 0.734. The SMILES string of the molecule is Cc1cc(/C=C/c2ccc(F)cc2)cc(-c2cn[nH]n2)c1. The lowest BCUT2D eigenvalue weighted by Gasteiger charge is -2.02. The smallest absolute Gasteiger partial charge is 0.123 e. The third-order valence-electron chi connectivity index (χ3n) is 3.15. The average molecular weight is 279 g/mol. The van der Waals surface area contributed by atoms with Gasteiger partial charge < -0.3 is 0 Å². The Labute approximate surface area is 122 Å². The van der Waals surface area contributed by atoms with Crippen LogP contribution in [0.5, 0.6) is 0 Å². The van der Waals surface area contributed by atoms with Crippen molar-refractivity contribution < 1.29 is 4.39 Å². The minimum atomic E-state index is -0.226. The van der Waals surface area contributed by atoms with Crippen molar-refractivity contribution in [1.82, 2.24) is 15.4 Å². The molecule has 0 aliphatic rings. The molecule has 0 spiro atoms. The van der Waals surface area contributed by atoms with Crippen molar-refractivity contribution in [3.05, 3.63) is 71.2 Å². The molecule has 0 atom stereocenters. The monoisotopic (exact) mass is 279 g/mol. The van der Waals surface area contributed by atoms with E-state index in [0.29, 0.717) is 0 Å². The van der Waals surface area contributed by atoms with Crippen LogP contribution in [0, 0.1) is 12.7 Å². The molecule has 0 saturated heterocycles. The van der Waals surface area contributed by atoms with E-state index in [2.05, 4.69) is 27.5 Å². The van der Waals surface area contributed by atoms with E-state index < -0.39 is 0 Å². The van der Waals surface area contributed by atoms with Gasteiger partial charge in [0.05, 0.1) is 6.20 Å². The molecule has 1 heterocycles. The molecular formula is C17H14FN3. The van der Waals surface area contributed by atoms with Gasteiger partial charge in [0.15, 0.2) is 0 Å². The van der Waals surface area contributed by atoms with Gasteiger partial charge in [-0.3, -0.25) is 0 Å². The van der Waals surface area contributed by atoms with Crippen LogP contribution < -0.4 is 0 Å². The number of hydrogen-bond acceptors (Lipinski definition) is 2. The summed E-state index contributed by atoms with van der Waals surface area (Å²) in [5.74, 6) is -0.226. The molecular weight excluding hydrogens is 265 g/mol. The first-order chi connectivity index (χ1) is 10.2. The minimum absolute atomic E-state index is 0.226. The van der Waals surface area contributed by atoms with Gasteiger partial charge in [-0.25, -0.2) is 4.39 Å². The summed E-state index contributed by atoms with van der Waals surface area (Å²) in [6.45, 7) is 2.04. The highest BCUT2D eigenvalue weighted by Gasteiger charge is 2.02. The van der Waals surface area contributed by atoms with Crippen molar-refractivity contribution in [2.45, 2.75) is 6.92 Å². The Kier molecular flexibility index (Phi) is 3.60. The van der Waals surface area contributed by atoms with Crippen LogP contribution in [0.15, 0.2) is 48.7 Å². The third kappa shape index (κ3) is 3.23. The molecule has 104 valence electrons. The molecule has 0 bridgehead atoms. The zero-order valence-corrected chi connectivity index (χ0v) is 11.5. The van der Waals surface area contributed by atoms with Crippen molar-refractivity contribution in [2.75, 3.05) is 0 Å². The highest BCUT2D eigenvalue weighted by molar-refractivity contribution is 5.73. The molecule has 0 aliphatic heterocycles. The largest absolute Gasteiger partial charge is 0.207 e. The fraction of sp³-hybridized carbons (Fsp3) is 0.0588. The molecule has 1 aromatic heterocycles. The number of halogens is 1. The molecule has 3 nitrogen and oxygen atoms in total. The third-order valence-corrected chi connectivity index (χ3v) is 3.15. The number of nitrogens with one attached hydrogen (secondary N) is 1. The predicted octanol–water partition coefficient (Wildman–Crippen LogP) is 4.09. The molecule has 21 heavy (non-hydrogen) atoms. The molecule has 2 aromatic carbocycles. The van der Waals surface area contributed by atoms with Crippen molar-refractivity contribution in [2.24, 2.45) is 0 Å². The second-order valence-electron chi connectivity index (χ2n) is 4.87. The number of benzene rings is 2. The van der Waals surface area contributed by atoms with Crippen LogP contribution >= 0.6 is 0 Å². The van der Waals surface area contributed by atoms with Gasteiger partial charge in [-0.15, -0.1) is 0 Å². The van der Waals surface area contributed by atoms with Crippen LogP contribution in [0.4, 0.5) is 4.39 Å². The maximum absolute atomic E-state index is 12.9. The summed E-state index contributed by atoms with van der Waals surface area (Å²) in [5.41, 5.74) is 5.00. The van der Waals surface area contributed by atoms with Gasteiger partial charge in [-0.1, -0.05) is 30.4 Å². The van der Waals surface area contributed by atoms with Crippen LogP contribution in [-0.4, -0.2) is 15.4 Å². The lowest BCUT2D eigenvalue weighted by Crippen LogP contribution is -1.83.